The lowest BCUT2D eigenvalue weighted by molar-refractivity contribution is -0.126. The van der Waals surface area contributed by atoms with E-state index in [-0.39, 0.29) is 18.2 Å². The smallest absolute Gasteiger partial charge is 0.227 e. The van der Waals surface area contributed by atoms with Gasteiger partial charge in [0.25, 0.3) is 0 Å². The molecule has 2 heterocycles. The highest BCUT2D eigenvalue weighted by Crippen LogP contribution is 2.42. The number of aryl methyl sites for hydroxylation is 1. The van der Waals surface area contributed by atoms with Crippen LogP contribution in [-0.4, -0.2) is 51.2 Å². The van der Waals surface area contributed by atoms with Crippen LogP contribution in [0.4, 0.5) is 5.69 Å². The lowest BCUT2D eigenvalue weighted by Gasteiger charge is -2.20. The highest BCUT2D eigenvalue weighted by molar-refractivity contribution is 7.09. The van der Waals surface area contributed by atoms with Crippen LogP contribution in [0.3, 0.4) is 0 Å². The summed E-state index contributed by atoms with van der Waals surface area (Å²) >= 11 is 1.63. The Labute approximate surface area is 208 Å². The Balaban J connectivity index is 1.34. The summed E-state index contributed by atoms with van der Waals surface area (Å²) < 4.78 is 16.1. The van der Waals surface area contributed by atoms with Crippen molar-refractivity contribution in [3.8, 4) is 28.5 Å². The van der Waals surface area contributed by atoms with Crippen LogP contribution in [0.5, 0.6) is 17.2 Å². The van der Waals surface area contributed by atoms with E-state index in [2.05, 4.69) is 39.9 Å². The fourth-order valence-corrected chi connectivity index (χ4v) is 4.79. The molecule has 9 heteroatoms. The first-order valence-corrected chi connectivity index (χ1v) is 12.2. The molecule has 1 saturated heterocycles. The number of nitrogens with one attached hydrogen (secondary N) is 1. The zero-order valence-electron chi connectivity index (χ0n) is 20.3. The molecule has 8 nitrogen and oxygen atoms in total. The molecule has 184 valence electrons. The van der Waals surface area contributed by atoms with E-state index < -0.39 is 5.92 Å². The van der Waals surface area contributed by atoms with E-state index >= 15 is 0 Å². The van der Waals surface area contributed by atoms with Gasteiger partial charge in [0, 0.05) is 42.6 Å². The topological polar surface area (TPSA) is 90.0 Å². The van der Waals surface area contributed by atoms with E-state index in [0.717, 1.165) is 21.8 Å². The lowest BCUT2D eigenvalue weighted by atomic mass is 10.1. The maximum atomic E-state index is 12.8. The number of nitrogens with zero attached hydrogens (tertiary/aromatic N) is 2. The second-order valence-electron chi connectivity index (χ2n) is 8.28. The van der Waals surface area contributed by atoms with E-state index in [9.17, 15) is 9.59 Å². The zero-order chi connectivity index (χ0) is 24.9. The minimum atomic E-state index is -0.420. The number of anilines is 1. The first-order chi connectivity index (χ1) is 16.9. The monoisotopic (exact) mass is 495 g/mol. The number of rotatable bonds is 9. The largest absolute Gasteiger partial charge is 0.493 e. The highest BCUT2D eigenvalue weighted by Gasteiger charge is 2.35. The number of methoxy groups -OCH3 is 3. The summed E-state index contributed by atoms with van der Waals surface area (Å²) in [5.74, 6) is 0.707. The van der Waals surface area contributed by atoms with Crippen LogP contribution < -0.4 is 24.4 Å². The van der Waals surface area contributed by atoms with Crippen molar-refractivity contribution in [2.24, 2.45) is 5.92 Å². The second-order valence-corrected chi connectivity index (χ2v) is 9.34. The van der Waals surface area contributed by atoms with Gasteiger partial charge in [0.05, 0.1) is 43.6 Å². The van der Waals surface area contributed by atoms with E-state index in [1.54, 1.807) is 28.4 Å². The van der Waals surface area contributed by atoms with Gasteiger partial charge in [-0.2, -0.15) is 0 Å². The molecule has 0 bridgehead atoms. The average Bonchev–Trinajstić information content (AvgIpc) is 3.49. The molecule has 4 rings (SSSR count). The fraction of sp³-hybridized carbons (Fsp3) is 0.346. The Hall–Kier alpha value is -3.59. The van der Waals surface area contributed by atoms with Crippen LogP contribution in [0, 0.1) is 12.8 Å². The summed E-state index contributed by atoms with van der Waals surface area (Å²) in [5, 5.41) is 6.07. The Morgan fingerprint density at radius 3 is 2.37 bits per heavy atom. The molecule has 0 spiro atoms. The van der Waals surface area contributed by atoms with Crippen LogP contribution in [0.1, 0.15) is 17.0 Å². The normalized spacial score (nSPS) is 15.3. The summed E-state index contributed by atoms with van der Waals surface area (Å²) in [6.45, 7) is 2.79. The van der Waals surface area contributed by atoms with E-state index in [1.165, 1.54) is 21.3 Å². The summed E-state index contributed by atoms with van der Waals surface area (Å²) in [6, 6.07) is 11.7. The summed E-state index contributed by atoms with van der Waals surface area (Å²) in [4.78, 5) is 31.6. The van der Waals surface area contributed by atoms with Crippen LogP contribution in [0.2, 0.25) is 0 Å². The Morgan fingerprint density at radius 1 is 1.11 bits per heavy atom. The minimum Gasteiger partial charge on any atom is -0.493 e. The molecule has 35 heavy (non-hydrogen) atoms. The number of carbonyl (C=O) groups is 2. The van der Waals surface area contributed by atoms with Crippen molar-refractivity contribution in [2.75, 3.05) is 39.3 Å². The van der Waals surface area contributed by atoms with Crippen molar-refractivity contribution in [2.45, 2.75) is 19.8 Å². The van der Waals surface area contributed by atoms with Crippen LogP contribution in [-0.2, 0) is 16.0 Å². The quantitative estimate of drug-likeness (QED) is 0.485. The maximum Gasteiger partial charge on any atom is 0.227 e. The van der Waals surface area contributed by atoms with Crippen LogP contribution in [0.15, 0.2) is 41.8 Å². The van der Waals surface area contributed by atoms with Gasteiger partial charge in [0.15, 0.2) is 11.5 Å². The minimum absolute atomic E-state index is 0.118. The standard InChI is InChI=1S/C26H29N3O5S/c1-16-28-21(15-35-16)18-7-5-17(6-8-18)9-10-27-26(31)19-11-24(30)29(14-19)20-12-22(32-2)25(34-4)23(13-20)33-3/h5-8,12-13,15,19H,9-11,14H2,1-4H3,(H,27,31). The van der Waals surface area contributed by atoms with E-state index in [0.29, 0.717) is 42.4 Å². The Bertz CT molecular complexity index is 1180. The molecule has 1 aromatic heterocycles. The van der Waals surface area contributed by atoms with Gasteiger partial charge >= 0.3 is 0 Å². The molecule has 1 aliphatic rings. The SMILES string of the molecule is COc1cc(N2CC(C(=O)NCCc3ccc(-c4csc(C)n4)cc3)CC2=O)cc(OC)c1OC. The van der Waals surface area contributed by atoms with Gasteiger partial charge < -0.3 is 24.4 Å². The summed E-state index contributed by atoms with van der Waals surface area (Å²) in [7, 11) is 4.57. The fourth-order valence-electron chi connectivity index (χ4n) is 4.17. The number of aromatic nitrogens is 1. The van der Waals surface area contributed by atoms with Gasteiger partial charge in [0.2, 0.25) is 17.6 Å². The third-order valence-corrected chi connectivity index (χ3v) is 6.81. The van der Waals surface area contributed by atoms with Gasteiger partial charge in [-0.05, 0) is 18.9 Å². The summed E-state index contributed by atoms with van der Waals surface area (Å²) in [6.07, 6.45) is 0.865. The number of benzene rings is 2. The molecule has 3 aromatic rings. The Morgan fingerprint density at radius 2 is 1.80 bits per heavy atom. The predicted octanol–water partition coefficient (Wildman–Crippen LogP) is 3.86. The van der Waals surface area contributed by atoms with Gasteiger partial charge in [-0.3, -0.25) is 9.59 Å². The molecule has 1 atom stereocenters. The molecular weight excluding hydrogens is 466 g/mol. The van der Waals surface area contributed by atoms with Crippen LogP contribution >= 0.6 is 11.3 Å². The lowest BCUT2D eigenvalue weighted by Crippen LogP contribution is -2.34. The van der Waals surface area contributed by atoms with Gasteiger partial charge in [0.1, 0.15) is 0 Å². The van der Waals surface area contributed by atoms with E-state index in [1.807, 2.05) is 6.92 Å². The Kier molecular flexibility index (Phi) is 7.55. The molecule has 2 amide bonds. The summed E-state index contributed by atoms with van der Waals surface area (Å²) in [5.41, 5.74) is 3.80. The third kappa shape index (κ3) is 5.40. The van der Waals surface area contributed by atoms with Crippen molar-refractivity contribution in [3.05, 3.63) is 52.3 Å². The van der Waals surface area contributed by atoms with Crippen LogP contribution in [0.25, 0.3) is 11.3 Å². The molecule has 1 aliphatic heterocycles. The van der Waals surface area contributed by atoms with Gasteiger partial charge in [-0.15, -0.1) is 11.3 Å². The predicted molar refractivity (Wildman–Crippen MR) is 136 cm³/mol. The van der Waals surface area contributed by atoms with Crippen molar-refractivity contribution in [3.63, 3.8) is 0 Å². The maximum absolute atomic E-state index is 12.8. The van der Waals surface area contributed by atoms with Crippen molar-refractivity contribution in [1.82, 2.24) is 10.3 Å². The molecule has 0 radical (unpaired) electrons. The second kappa shape index (κ2) is 10.8. The molecule has 0 aliphatic carbocycles. The number of hydrogen-bond donors (Lipinski definition) is 1. The highest BCUT2D eigenvalue weighted by atomic mass is 32.1. The number of hydrogen-bond acceptors (Lipinski definition) is 7. The number of amides is 2. The van der Waals surface area contributed by atoms with Crippen molar-refractivity contribution < 1.29 is 23.8 Å². The first kappa shape index (κ1) is 24.5. The van der Waals surface area contributed by atoms with E-state index in [4.69, 9.17) is 14.2 Å². The number of carbonyl (C=O) groups excluding carboxylic acids is 2. The average molecular weight is 496 g/mol. The van der Waals surface area contributed by atoms with Gasteiger partial charge in [-0.1, -0.05) is 24.3 Å². The molecule has 1 unspecified atom stereocenters. The molecular formula is C26H29N3O5S. The first-order valence-electron chi connectivity index (χ1n) is 11.3. The van der Waals surface area contributed by atoms with Crippen molar-refractivity contribution in [1.29, 1.82) is 0 Å². The number of ether oxygens (including phenoxy) is 3. The van der Waals surface area contributed by atoms with Gasteiger partial charge in [-0.25, -0.2) is 4.98 Å². The van der Waals surface area contributed by atoms with Crippen molar-refractivity contribution >= 4 is 28.8 Å². The zero-order valence-corrected chi connectivity index (χ0v) is 21.1. The number of thiazole rings is 1. The molecule has 2 aromatic carbocycles. The molecule has 1 N–H and O–H groups in total. The molecule has 1 fully saturated rings. The molecule has 0 saturated carbocycles. The third-order valence-electron chi connectivity index (χ3n) is 6.04.